The fourth-order valence-electron chi connectivity index (χ4n) is 6.50. The molecule has 3 atom stereocenters. The maximum atomic E-state index is 14.1. The van der Waals surface area contributed by atoms with Gasteiger partial charge in [-0.25, -0.2) is 9.59 Å². The first-order chi connectivity index (χ1) is 18.6. The number of esters is 2. The number of rotatable bonds is 7. The molecule has 4 aliphatic rings. The molecular weight excluding hydrogens is 1040 g/mol. The first kappa shape index (κ1) is 34.0. The average Bonchev–Trinajstić information content (AvgIpc) is 2.79. The van der Waals surface area contributed by atoms with Gasteiger partial charge in [-0.15, -0.1) is 0 Å². The molecule has 4 aliphatic carbocycles. The zero-order chi connectivity index (χ0) is 31.1. The van der Waals surface area contributed by atoms with E-state index in [-0.39, 0.29) is 52.2 Å². The number of hydrogen-bond acceptors (Lipinski definition) is 7. The van der Waals surface area contributed by atoms with Crippen LogP contribution in [0.3, 0.4) is 0 Å². The molecule has 0 aromatic heterocycles. The third-order valence-electron chi connectivity index (χ3n) is 7.61. The Morgan fingerprint density at radius 1 is 0.878 bits per heavy atom. The van der Waals surface area contributed by atoms with Crippen LogP contribution in [0.15, 0.2) is 0 Å². The summed E-state index contributed by atoms with van der Waals surface area (Å²) in [7, 11) is -6.62. The molecule has 1 aromatic carbocycles. The highest BCUT2D eigenvalue weighted by Crippen LogP contribution is 2.63. The molecule has 0 saturated heterocycles. The lowest BCUT2D eigenvalue weighted by atomic mass is 9.48. The van der Waals surface area contributed by atoms with Crippen LogP contribution in [-0.4, -0.2) is 59.1 Å². The molecule has 0 aliphatic heterocycles. The number of hydrogen-bond donors (Lipinski definition) is 2. The molecule has 5 rings (SSSR count). The Morgan fingerprint density at radius 3 is 1.80 bits per heavy atom. The van der Waals surface area contributed by atoms with Gasteiger partial charge in [-0.3, -0.25) is 9.35 Å². The highest BCUT2D eigenvalue weighted by molar-refractivity contribution is 14.1. The molecule has 41 heavy (non-hydrogen) atoms. The largest absolute Gasteiger partial charge is 0.478 e. The average molecular weight is 1060 g/mol. The first-order valence-corrected chi connectivity index (χ1v) is 17.3. The minimum atomic E-state index is -6.62. The van der Waals surface area contributed by atoms with Crippen LogP contribution in [0, 0.1) is 31.5 Å². The smallest absolute Gasteiger partial charge is 0.432 e. The molecule has 4 fully saturated rings. The number of carboxylic acids is 1. The van der Waals surface area contributed by atoms with Gasteiger partial charge in [0.15, 0.2) is 0 Å². The van der Waals surface area contributed by atoms with Crippen molar-refractivity contribution in [2.24, 2.45) is 17.3 Å². The standard InChI is InChI=1S/C22H17F5I4O9S/c23-21(24,25)17(22(26,27)41(36,37)38)39-18(35)19-2-7-1-8(3-19)5-20(4-7,6-19)40-16(34)10-9(15(32)33)11(28)13(30)14(31)12(10)29/h7-8,17H,1-6H2,(H,32,33)(H,36,37,38). The number of ether oxygens (including phenoxy) is 2. The summed E-state index contributed by atoms with van der Waals surface area (Å²) in [6.45, 7) is 0. The lowest BCUT2D eigenvalue weighted by Gasteiger charge is -2.59. The van der Waals surface area contributed by atoms with Crippen LogP contribution < -0.4 is 0 Å². The zero-order valence-electron chi connectivity index (χ0n) is 20.0. The van der Waals surface area contributed by atoms with Gasteiger partial charge >= 0.3 is 39.5 Å². The van der Waals surface area contributed by atoms with Crippen molar-refractivity contribution < 1.29 is 63.9 Å². The van der Waals surface area contributed by atoms with E-state index in [4.69, 9.17) is 9.29 Å². The SMILES string of the molecule is O=C(O)c1c(I)c(I)c(I)c(I)c1C(=O)OC12CC3CC(C1)CC(C(=O)OC(C(F)(F)F)C(F)(F)S(=O)(=O)O)(C3)C2. The van der Waals surface area contributed by atoms with Gasteiger partial charge in [0, 0.05) is 20.7 Å². The Morgan fingerprint density at radius 2 is 1.37 bits per heavy atom. The molecule has 19 heteroatoms. The van der Waals surface area contributed by atoms with Crippen LogP contribution in [0.4, 0.5) is 22.0 Å². The van der Waals surface area contributed by atoms with E-state index in [1.54, 1.807) is 22.6 Å². The molecule has 228 valence electrons. The molecule has 1 aromatic rings. The van der Waals surface area contributed by atoms with Crippen LogP contribution >= 0.6 is 90.4 Å². The lowest BCUT2D eigenvalue weighted by Crippen LogP contribution is -2.61. The second-order valence-electron chi connectivity index (χ2n) is 10.5. The predicted octanol–water partition coefficient (Wildman–Crippen LogP) is 6.25. The topological polar surface area (TPSA) is 144 Å². The molecule has 0 heterocycles. The zero-order valence-corrected chi connectivity index (χ0v) is 29.5. The predicted molar refractivity (Wildman–Crippen MR) is 162 cm³/mol. The van der Waals surface area contributed by atoms with Crippen LogP contribution in [0.1, 0.15) is 59.2 Å². The number of halogens is 9. The van der Waals surface area contributed by atoms with Crippen LogP contribution in [0.25, 0.3) is 0 Å². The van der Waals surface area contributed by atoms with E-state index < -0.39 is 63.0 Å². The maximum Gasteiger partial charge on any atom is 0.432 e. The van der Waals surface area contributed by atoms with E-state index in [0.29, 0.717) is 17.1 Å². The van der Waals surface area contributed by atoms with Crippen LogP contribution in [0.2, 0.25) is 0 Å². The lowest BCUT2D eigenvalue weighted by molar-refractivity contribution is -0.269. The van der Waals surface area contributed by atoms with E-state index >= 15 is 0 Å². The summed E-state index contributed by atoms with van der Waals surface area (Å²) in [5.74, 6) is -4.87. The Bertz CT molecular complexity index is 1440. The van der Waals surface area contributed by atoms with Gasteiger partial charge in [0.25, 0.3) is 6.10 Å². The van der Waals surface area contributed by atoms with Crippen molar-refractivity contribution in [2.45, 2.75) is 61.7 Å². The minimum Gasteiger partial charge on any atom is -0.478 e. The molecule has 0 spiro atoms. The number of carboxylic acid groups (broad SMARTS) is 1. The molecule has 3 unspecified atom stereocenters. The highest BCUT2D eigenvalue weighted by atomic mass is 127. The summed E-state index contributed by atoms with van der Waals surface area (Å²) in [5.41, 5.74) is -3.77. The Labute approximate surface area is 283 Å². The summed E-state index contributed by atoms with van der Waals surface area (Å²) in [4.78, 5) is 38.9. The summed E-state index contributed by atoms with van der Waals surface area (Å²) in [6, 6.07) is 0. The third-order valence-corrected chi connectivity index (χ3v) is 15.9. The first-order valence-electron chi connectivity index (χ1n) is 11.5. The van der Waals surface area contributed by atoms with Gasteiger partial charge in [0.1, 0.15) is 5.60 Å². The molecule has 9 nitrogen and oxygen atoms in total. The number of benzene rings is 1. The molecule has 4 bridgehead atoms. The highest BCUT2D eigenvalue weighted by Gasteiger charge is 2.69. The summed E-state index contributed by atoms with van der Waals surface area (Å²) >= 11 is 7.49. The molecule has 2 N–H and O–H groups in total. The van der Waals surface area contributed by atoms with E-state index in [2.05, 4.69) is 4.74 Å². The Balaban J connectivity index is 1.70. The van der Waals surface area contributed by atoms with Crippen molar-refractivity contribution in [3.8, 4) is 0 Å². The Hall–Kier alpha value is 0.110. The molecule has 0 radical (unpaired) electrons. The van der Waals surface area contributed by atoms with Crippen LogP contribution in [-0.2, 0) is 24.4 Å². The molecular formula is C22H17F5I4O9S. The minimum absolute atomic E-state index is 0.0686. The van der Waals surface area contributed by atoms with E-state index in [9.17, 15) is 49.9 Å². The maximum absolute atomic E-state index is 14.1. The molecule has 0 amide bonds. The normalized spacial score (nSPS) is 28.3. The Kier molecular flexibility index (Phi) is 9.26. The van der Waals surface area contributed by atoms with Crippen molar-refractivity contribution in [1.29, 1.82) is 0 Å². The van der Waals surface area contributed by atoms with E-state index in [0.717, 1.165) is 0 Å². The fraction of sp³-hybridized carbons (Fsp3) is 0.591. The second-order valence-corrected chi connectivity index (χ2v) is 16.3. The summed E-state index contributed by atoms with van der Waals surface area (Å²) < 4.78 is 111. The van der Waals surface area contributed by atoms with Gasteiger partial charge in [-0.2, -0.15) is 30.4 Å². The van der Waals surface area contributed by atoms with Gasteiger partial charge in [0.05, 0.1) is 16.5 Å². The number of aromatic carboxylic acids is 1. The number of carbonyl (C=O) groups excluding carboxylic acids is 2. The van der Waals surface area contributed by atoms with Gasteiger partial charge in [0.2, 0.25) is 0 Å². The van der Waals surface area contributed by atoms with Crippen molar-refractivity contribution in [3.63, 3.8) is 0 Å². The third kappa shape index (κ3) is 6.05. The number of carbonyl (C=O) groups is 3. The second kappa shape index (κ2) is 11.2. The summed E-state index contributed by atoms with van der Waals surface area (Å²) in [6.07, 6.45) is -10.1. The van der Waals surface area contributed by atoms with Crippen molar-refractivity contribution in [3.05, 3.63) is 25.4 Å². The number of alkyl halides is 5. The quantitative estimate of drug-likeness (QED) is 0.0809. The van der Waals surface area contributed by atoms with Crippen LogP contribution in [0.5, 0.6) is 0 Å². The fourth-order valence-corrected chi connectivity index (χ4v) is 10.6. The summed E-state index contributed by atoms with van der Waals surface area (Å²) in [5, 5.41) is 3.98. The van der Waals surface area contributed by atoms with Gasteiger partial charge < -0.3 is 14.6 Å². The van der Waals surface area contributed by atoms with Gasteiger partial charge in [-0.1, -0.05) is 0 Å². The molecule has 4 saturated carbocycles. The van der Waals surface area contributed by atoms with E-state index in [1.165, 1.54) is 0 Å². The van der Waals surface area contributed by atoms with Crippen molar-refractivity contribution in [2.75, 3.05) is 0 Å². The monoisotopic (exact) mass is 1060 g/mol. The van der Waals surface area contributed by atoms with E-state index in [1.807, 2.05) is 67.8 Å². The van der Waals surface area contributed by atoms with Crippen molar-refractivity contribution in [1.82, 2.24) is 0 Å². The van der Waals surface area contributed by atoms with Gasteiger partial charge in [-0.05, 0) is 134 Å². The van der Waals surface area contributed by atoms with Crippen molar-refractivity contribution >= 4 is 118 Å².